The molecule has 3 rings (SSSR count). The van der Waals surface area contributed by atoms with Crippen molar-refractivity contribution in [3.8, 4) is 0 Å². The summed E-state index contributed by atoms with van der Waals surface area (Å²) < 4.78 is 7.44. The second kappa shape index (κ2) is 7.70. The number of rotatable bonds is 7. The zero-order valence-corrected chi connectivity index (χ0v) is 16.6. The maximum absolute atomic E-state index is 12.5. The SMILES string of the molecule is Cc1ccc(C)c(SCC(=O)OCC(=O)c2cc(C)n(C3CC3)c2C)c1. The molecule has 1 fully saturated rings. The van der Waals surface area contributed by atoms with Crippen LogP contribution in [0, 0.1) is 27.7 Å². The van der Waals surface area contributed by atoms with Gasteiger partial charge in [-0.3, -0.25) is 9.59 Å². The smallest absolute Gasteiger partial charge is 0.316 e. The summed E-state index contributed by atoms with van der Waals surface area (Å²) in [6.07, 6.45) is 2.35. The second-order valence-corrected chi connectivity index (χ2v) is 8.04. The number of ether oxygens (including phenoxy) is 1. The van der Waals surface area contributed by atoms with Crippen LogP contribution in [-0.4, -0.2) is 28.7 Å². The van der Waals surface area contributed by atoms with Gasteiger partial charge in [0.25, 0.3) is 0 Å². The lowest BCUT2D eigenvalue weighted by atomic mass is 10.1. The Morgan fingerprint density at radius 1 is 1.15 bits per heavy atom. The Morgan fingerprint density at radius 3 is 2.58 bits per heavy atom. The Balaban J connectivity index is 1.54. The van der Waals surface area contributed by atoms with Gasteiger partial charge in [-0.15, -0.1) is 11.8 Å². The van der Waals surface area contributed by atoms with Crippen molar-refractivity contribution in [3.05, 3.63) is 52.3 Å². The van der Waals surface area contributed by atoms with Gasteiger partial charge in [0.1, 0.15) is 0 Å². The highest BCUT2D eigenvalue weighted by atomic mass is 32.2. The van der Waals surface area contributed by atoms with E-state index in [0.717, 1.165) is 27.4 Å². The summed E-state index contributed by atoms with van der Waals surface area (Å²) >= 11 is 1.45. The fourth-order valence-electron chi connectivity index (χ4n) is 3.22. The quantitative estimate of drug-likeness (QED) is 0.406. The van der Waals surface area contributed by atoms with Gasteiger partial charge in [-0.05, 0) is 58.2 Å². The van der Waals surface area contributed by atoms with Crippen molar-refractivity contribution in [3.63, 3.8) is 0 Å². The fourth-order valence-corrected chi connectivity index (χ4v) is 4.14. The van der Waals surface area contributed by atoms with Gasteiger partial charge in [-0.2, -0.15) is 0 Å². The first kappa shape index (κ1) is 18.8. The van der Waals surface area contributed by atoms with Crippen LogP contribution in [-0.2, 0) is 9.53 Å². The molecule has 0 saturated heterocycles. The first-order valence-electron chi connectivity index (χ1n) is 8.94. The van der Waals surface area contributed by atoms with E-state index in [4.69, 9.17) is 4.74 Å². The van der Waals surface area contributed by atoms with E-state index in [0.29, 0.717) is 11.6 Å². The minimum absolute atomic E-state index is 0.130. The summed E-state index contributed by atoms with van der Waals surface area (Å²) in [5.41, 5.74) is 5.05. The molecule has 0 aliphatic heterocycles. The molecule has 4 nitrogen and oxygen atoms in total. The molecule has 0 amide bonds. The van der Waals surface area contributed by atoms with Crippen LogP contribution >= 0.6 is 11.8 Å². The Morgan fingerprint density at radius 2 is 1.88 bits per heavy atom. The number of aromatic nitrogens is 1. The number of thioether (sulfide) groups is 1. The number of carbonyl (C=O) groups excluding carboxylic acids is 2. The van der Waals surface area contributed by atoms with E-state index in [-0.39, 0.29) is 24.1 Å². The minimum Gasteiger partial charge on any atom is -0.457 e. The summed E-state index contributed by atoms with van der Waals surface area (Å²) in [5, 5.41) is 0. The van der Waals surface area contributed by atoms with Gasteiger partial charge in [-0.25, -0.2) is 0 Å². The van der Waals surface area contributed by atoms with Gasteiger partial charge in [0.05, 0.1) is 5.75 Å². The average molecular weight is 372 g/mol. The third kappa shape index (κ3) is 4.21. The van der Waals surface area contributed by atoms with E-state index < -0.39 is 0 Å². The first-order valence-corrected chi connectivity index (χ1v) is 9.92. The standard InChI is InChI=1S/C21H25NO3S/c1-13-5-6-14(2)20(9-13)26-12-21(24)25-11-19(23)18-10-15(3)22(16(18)4)17-7-8-17/h5-6,9-10,17H,7-8,11-12H2,1-4H3. The van der Waals surface area contributed by atoms with E-state index in [9.17, 15) is 9.59 Å². The third-order valence-corrected chi connectivity index (χ3v) is 5.88. The predicted molar refractivity (Wildman–Crippen MR) is 104 cm³/mol. The van der Waals surface area contributed by atoms with Crippen molar-refractivity contribution in [2.24, 2.45) is 0 Å². The highest BCUT2D eigenvalue weighted by molar-refractivity contribution is 8.00. The van der Waals surface area contributed by atoms with Crippen LogP contribution in [0.2, 0.25) is 0 Å². The minimum atomic E-state index is -0.361. The van der Waals surface area contributed by atoms with Crippen molar-refractivity contribution in [1.29, 1.82) is 0 Å². The zero-order chi connectivity index (χ0) is 18.8. The molecule has 5 heteroatoms. The number of nitrogens with zero attached hydrogens (tertiary/aromatic N) is 1. The molecular formula is C21H25NO3S. The Kier molecular flexibility index (Phi) is 5.56. The number of aryl methyl sites for hydroxylation is 3. The Bertz CT molecular complexity index is 849. The maximum atomic E-state index is 12.5. The van der Waals surface area contributed by atoms with Crippen LogP contribution in [0.4, 0.5) is 0 Å². The lowest BCUT2D eigenvalue weighted by Gasteiger charge is -2.08. The van der Waals surface area contributed by atoms with Crippen molar-refractivity contribution in [2.45, 2.75) is 51.5 Å². The maximum Gasteiger partial charge on any atom is 0.316 e. The van der Waals surface area contributed by atoms with Gasteiger partial charge in [0.15, 0.2) is 6.61 Å². The van der Waals surface area contributed by atoms with E-state index in [2.05, 4.69) is 16.7 Å². The molecule has 1 heterocycles. The van der Waals surface area contributed by atoms with E-state index >= 15 is 0 Å². The van der Waals surface area contributed by atoms with Crippen LogP contribution in [0.15, 0.2) is 29.2 Å². The lowest BCUT2D eigenvalue weighted by molar-refractivity contribution is -0.139. The van der Waals surface area contributed by atoms with Crippen molar-refractivity contribution in [1.82, 2.24) is 4.57 Å². The summed E-state index contributed by atoms with van der Waals surface area (Å²) in [6, 6.07) is 8.60. The first-order chi connectivity index (χ1) is 12.4. The van der Waals surface area contributed by atoms with E-state index in [1.165, 1.54) is 24.6 Å². The monoisotopic (exact) mass is 371 g/mol. The molecule has 0 spiro atoms. The van der Waals surface area contributed by atoms with Gasteiger partial charge in [0.2, 0.25) is 5.78 Å². The molecule has 0 unspecified atom stereocenters. The summed E-state index contributed by atoms with van der Waals surface area (Å²) in [4.78, 5) is 25.5. The van der Waals surface area contributed by atoms with Crippen LogP contribution in [0.25, 0.3) is 0 Å². The number of carbonyl (C=O) groups is 2. The molecular weight excluding hydrogens is 346 g/mol. The average Bonchev–Trinajstić information content (AvgIpc) is 3.38. The molecule has 1 aromatic carbocycles. The van der Waals surface area contributed by atoms with Crippen molar-refractivity contribution in [2.75, 3.05) is 12.4 Å². The molecule has 0 N–H and O–H groups in total. The summed E-state index contributed by atoms with van der Waals surface area (Å²) in [6.45, 7) is 7.84. The van der Waals surface area contributed by atoms with Gasteiger partial charge in [0, 0.05) is 27.9 Å². The van der Waals surface area contributed by atoms with E-state index in [1.54, 1.807) is 0 Å². The topological polar surface area (TPSA) is 48.3 Å². The number of hydrogen-bond acceptors (Lipinski definition) is 4. The molecule has 1 aromatic heterocycles. The van der Waals surface area contributed by atoms with Crippen molar-refractivity contribution < 1.29 is 14.3 Å². The third-order valence-electron chi connectivity index (χ3n) is 4.75. The number of Topliss-reactive ketones (excluding diaryl/α,β-unsaturated/α-hetero) is 1. The van der Waals surface area contributed by atoms with E-state index in [1.807, 2.05) is 39.8 Å². The van der Waals surface area contributed by atoms with Crippen LogP contribution in [0.5, 0.6) is 0 Å². The Hall–Kier alpha value is -2.01. The fraction of sp³-hybridized carbons (Fsp3) is 0.429. The molecule has 26 heavy (non-hydrogen) atoms. The van der Waals surface area contributed by atoms with Crippen LogP contribution < -0.4 is 0 Å². The number of benzene rings is 1. The van der Waals surface area contributed by atoms with Gasteiger partial charge in [-0.1, -0.05) is 17.7 Å². The zero-order valence-electron chi connectivity index (χ0n) is 15.8. The highest BCUT2D eigenvalue weighted by Crippen LogP contribution is 2.38. The second-order valence-electron chi connectivity index (χ2n) is 7.03. The number of ketones is 1. The molecule has 0 atom stereocenters. The predicted octanol–water partition coefficient (Wildman–Crippen LogP) is 4.57. The van der Waals surface area contributed by atoms with Gasteiger partial charge >= 0.3 is 5.97 Å². The summed E-state index contributed by atoms with van der Waals surface area (Å²) in [5.74, 6) is -0.283. The molecule has 1 aliphatic carbocycles. The number of esters is 1. The lowest BCUT2D eigenvalue weighted by Crippen LogP contribution is -2.16. The van der Waals surface area contributed by atoms with Crippen LogP contribution in [0.3, 0.4) is 0 Å². The number of hydrogen-bond donors (Lipinski definition) is 0. The normalized spacial score (nSPS) is 13.7. The molecule has 0 bridgehead atoms. The molecule has 2 aromatic rings. The molecule has 0 radical (unpaired) electrons. The summed E-state index contributed by atoms with van der Waals surface area (Å²) in [7, 11) is 0. The molecule has 1 saturated carbocycles. The van der Waals surface area contributed by atoms with Crippen molar-refractivity contribution >= 4 is 23.5 Å². The Labute approximate surface area is 158 Å². The highest BCUT2D eigenvalue weighted by Gasteiger charge is 2.28. The van der Waals surface area contributed by atoms with Gasteiger partial charge < -0.3 is 9.30 Å². The molecule has 1 aliphatic rings. The van der Waals surface area contributed by atoms with Crippen LogP contribution in [0.1, 0.15) is 51.8 Å². The molecule has 138 valence electrons. The largest absolute Gasteiger partial charge is 0.457 e.